The largest absolute Gasteiger partial charge is 0.476 e. The zero-order valence-corrected chi connectivity index (χ0v) is 14.2. The number of aromatic nitrogens is 5. The van der Waals surface area contributed by atoms with Crippen LogP contribution in [0, 0.1) is 0 Å². The number of carboxylic acids is 1. The van der Waals surface area contributed by atoms with Crippen molar-refractivity contribution < 1.29 is 14.7 Å². The maximum Gasteiger partial charge on any atom is 0.358 e. The van der Waals surface area contributed by atoms with Crippen LogP contribution in [0.2, 0.25) is 0 Å². The van der Waals surface area contributed by atoms with Crippen LogP contribution < -0.4 is 0 Å². The first-order chi connectivity index (χ1) is 12.5. The highest BCUT2D eigenvalue weighted by molar-refractivity contribution is 5.85. The van der Waals surface area contributed by atoms with E-state index >= 15 is 0 Å². The lowest BCUT2D eigenvalue weighted by atomic mass is 10.2. The van der Waals surface area contributed by atoms with Crippen LogP contribution in [0.1, 0.15) is 35.2 Å². The van der Waals surface area contributed by atoms with E-state index in [4.69, 9.17) is 10.1 Å². The number of imidazole rings is 1. The number of para-hydroxylation sites is 2. The van der Waals surface area contributed by atoms with Crippen molar-refractivity contribution in [1.29, 1.82) is 0 Å². The number of aromatic carboxylic acids is 1. The molecule has 134 valence electrons. The molecular formula is C17H18N6O3. The quantitative estimate of drug-likeness (QED) is 0.755. The second-order valence-corrected chi connectivity index (χ2v) is 6.37. The first kappa shape index (κ1) is 16.2. The van der Waals surface area contributed by atoms with Crippen molar-refractivity contribution in [3.05, 3.63) is 42.0 Å². The zero-order valence-electron chi connectivity index (χ0n) is 14.2. The lowest BCUT2D eigenvalue weighted by Gasteiger charge is -2.24. The summed E-state index contributed by atoms with van der Waals surface area (Å²) < 4.78 is 3.29. The molecule has 0 radical (unpaired) electrons. The van der Waals surface area contributed by atoms with Crippen LogP contribution in [-0.4, -0.2) is 53.0 Å². The topological polar surface area (TPSA) is 106 Å². The van der Waals surface area contributed by atoms with E-state index in [2.05, 4.69) is 10.3 Å². The van der Waals surface area contributed by atoms with Gasteiger partial charge in [0.15, 0.2) is 5.69 Å². The molecule has 1 unspecified atom stereocenters. The smallest absolute Gasteiger partial charge is 0.358 e. The van der Waals surface area contributed by atoms with Gasteiger partial charge in [0.05, 0.1) is 23.3 Å². The van der Waals surface area contributed by atoms with E-state index in [1.807, 2.05) is 35.9 Å². The SMILES string of the molecule is Cn1c(C2CCCN2C(=O)Cn2cc(C(=O)O)nn2)nc2ccccc21. The molecule has 1 aliphatic rings. The fourth-order valence-corrected chi connectivity index (χ4v) is 3.50. The molecule has 26 heavy (non-hydrogen) atoms. The summed E-state index contributed by atoms with van der Waals surface area (Å²) in [6.45, 7) is 0.605. The molecule has 0 spiro atoms. The minimum Gasteiger partial charge on any atom is -0.476 e. The molecule has 0 aliphatic carbocycles. The number of likely N-dealkylation sites (tertiary alicyclic amines) is 1. The number of carboxylic acid groups (broad SMARTS) is 1. The number of carbonyl (C=O) groups excluding carboxylic acids is 1. The first-order valence-corrected chi connectivity index (χ1v) is 8.39. The summed E-state index contributed by atoms with van der Waals surface area (Å²) in [6.07, 6.45) is 3.01. The number of nitrogens with zero attached hydrogens (tertiary/aromatic N) is 6. The van der Waals surface area contributed by atoms with Crippen LogP contribution in [0.15, 0.2) is 30.5 Å². The highest BCUT2D eigenvalue weighted by atomic mass is 16.4. The van der Waals surface area contributed by atoms with Gasteiger partial charge in [-0.1, -0.05) is 17.3 Å². The van der Waals surface area contributed by atoms with Crippen LogP contribution in [0.25, 0.3) is 11.0 Å². The van der Waals surface area contributed by atoms with Gasteiger partial charge in [-0.25, -0.2) is 14.5 Å². The number of hydrogen-bond donors (Lipinski definition) is 1. The third-order valence-corrected chi connectivity index (χ3v) is 4.75. The Labute approximate surface area is 148 Å². The molecule has 0 saturated carbocycles. The van der Waals surface area contributed by atoms with Gasteiger partial charge in [-0.05, 0) is 25.0 Å². The van der Waals surface area contributed by atoms with Crippen LogP contribution in [-0.2, 0) is 18.4 Å². The van der Waals surface area contributed by atoms with Crippen molar-refractivity contribution in [3.63, 3.8) is 0 Å². The number of rotatable bonds is 4. The normalized spacial score (nSPS) is 17.1. The Bertz CT molecular complexity index is 991. The van der Waals surface area contributed by atoms with E-state index < -0.39 is 5.97 Å². The summed E-state index contributed by atoms with van der Waals surface area (Å²) in [5.41, 5.74) is 1.77. The van der Waals surface area contributed by atoms with Gasteiger partial charge < -0.3 is 14.6 Å². The Morgan fingerprint density at radius 3 is 2.85 bits per heavy atom. The van der Waals surface area contributed by atoms with Gasteiger partial charge in [0.1, 0.15) is 12.4 Å². The van der Waals surface area contributed by atoms with Crippen molar-refractivity contribution in [3.8, 4) is 0 Å². The van der Waals surface area contributed by atoms with E-state index in [0.29, 0.717) is 6.54 Å². The van der Waals surface area contributed by atoms with Crippen molar-refractivity contribution in [2.45, 2.75) is 25.4 Å². The van der Waals surface area contributed by atoms with Gasteiger partial charge in [-0.3, -0.25) is 4.79 Å². The number of amides is 1. The molecule has 0 bridgehead atoms. The third kappa shape index (κ3) is 2.71. The predicted molar refractivity (Wildman–Crippen MR) is 91.4 cm³/mol. The zero-order chi connectivity index (χ0) is 18.3. The number of carbonyl (C=O) groups is 2. The van der Waals surface area contributed by atoms with E-state index in [9.17, 15) is 9.59 Å². The maximum absolute atomic E-state index is 12.8. The molecule has 1 aromatic carbocycles. The summed E-state index contributed by atoms with van der Waals surface area (Å²) in [7, 11) is 1.96. The summed E-state index contributed by atoms with van der Waals surface area (Å²) in [5, 5.41) is 16.2. The summed E-state index contributed by atoms with van der Waals surface area (Å²) in [6, 6.07) is 7.79. The molecule has 9 heteroatoms. The minimum atomic E-state index is -1.16. The lowest BCUT2D eigenvalue weighted by Crippen LogP contribution is -2.34. The molecule has 1 fully saturated rings. The Morgan fingerprint density at radius 1 is 1.31 bits per heavy atom. The Balaban J connectivity index is 1.58. The molecule has 4 rings (SSSR count). The maximum atomic E-state index is 12.8. The average molecular weight is 354 g/mol. The van der Waals surface area contributed by atoms with Gasteiger partial charge in [0, 0.05) is 13.6 Å². The third-order valence-electron chi connectivity index (χ3n) is 4.75. The van der Waals surface area contributed by atoms with Gasteiger partial charge in [-0.2, -0.15) is 0 Å². The Kier molecular flexibility index (Phi) is 3.90. The molecule has 1 amide bonds. The summed E-state index contributed by atoms with van der Waals surface area (Å²) >= 11 is 0. The molecule has 3 aromatic rings. The Morgan fingerprint density at radius 2 is 2.12 bits per heavy atom. The van der Waals surface area contributed by atoms with Crippen molar-refractivity contribution in [2.75, 3.05) is 6.54 Å². The van der Waals surface area contributed by atoms with Gasteiger partial charge in [0.2, 0.25) is 5.91 Å². The number of benzene rings is 1. The molecule has 1 saturated heterocycles. The monoisotopic (exact) mass is 354 g/mol. The minimum absolute atomic E-state index is 0.0409. The highest BCUT2D eigenvalue weighted by Crippen LogP contribution is 2.33. The van der Waals surface area contributed by atoms with Gasteiger partial charge in [-0.15, -0.1) is 5.10 Å². The van der Waals surface area contributed by atoms with E-state index in [1.165, 1.54) is 10.9 Å². The Hall–Kier alpha value is -3.23. The van der Waals surface area contributed by atoms with Gasteiger partial charge in [0.25, 0.3) is 0 Å². The molecule has 2 aromatic heterocycles. The van der Waals surface area contributed by atoms with Crippen molar-refractivity contribution >= 4 is 22.9 Å². The molecule has 1 atom stereocenters. The molecular weight excluding hydrogens is 336 g/mol. The number of fused-ring (bicyclic) bond motifs is 1. The second kappa shape index (κ2) is 6.25. The number of aryl methyl sites for hydroxylation is 1. The van der Waals surface area contributed by atoms with E-state index in [-0.39, 0.29) is 24.2 Å². The van der Waals surface area contributed by atoms with E-state index in [1.54, 1.807) is 4.90 Å². The standard InChI is InChI=1S/C17H18N6O3/c1-21-13-6-3-2-5-11(13)18-16(21)14-7-4-8-23(14)15(24)10-22-9-12(17(25)26)19-20-22/h2-3,5-6,9,14H,4,7-8,10H2,1H3,(H,25,26). The highest BCUT2D eigenvalue weighted by Gasteiger charge is 2.33. The fourth-order valence-electron chi connectivity index (χ4n) is 3.50. The lowest BCUT2D eigenvalue weighted by molar-refractivity contribution is -0.133. The van der Waals surface area contributed by atoms with E-state index in [0.717, 1.165) is 29.7 Å². The molecule has 3 heterocycles. The van der Waals surface area contributed by atoms with Crippen LogP contribution in [0.4, 0.5) is 0 Å². The number of hydrogen-bond acceptors (Lipinski definition) is 5. The van der Waals surface area contributed by atoms with Crippen LogP contribution in [0.3, 0.4) is 0 Å². The predicted octanol–water partition coefficient (Wildman–Crippen LogP) is 1.23. The fraction of sp³-hybridized carbons (Fsp3) is 0.353. The summed E-state index contributed by atoms with van der Waals surface area (Å²) in [5.74, 6) is -0.425. The van der Waals surface area contributed by atoms with Crippen molar-refractivity contribution in [2.24, 2.45) is 7.05 Å². The van der Waals surface area contributed by atoms with Gasteiger partial charge >= 0.3 is 5.97 Å². The second-order valence-electron chi connectivity index (χ2n) is 6.37. The summed E-state index contributed by atoms with van der Waals surface area (Å²) in [4.78, 5) is 30.2. The first-order valence-electron chi connectivity index (χ1n) is 8.39. The average Bonchev–Trinajstić information content (AvgIpc) is 3.34. The van der Waals surface area contributed by atoms with Crippen molar-refractivity contribution in [1.82, 2.24) is 29.4 Å². The van der Waals surface area contributed by atoms with Crippen LogP contribution in [0.5, 0.6) is 0 Å². The molecule has 9 nitrogen and oxygen atoms in total. The molecule has 1 aliphatic heterocycles. The molecule has 1 N–H and O–H groups in total. The van der Waals surface area contributed by atoms with Crippen LogP contribution >= 0.6 is 0 Å².